The van der Waals surface area contributed by atoms with Crippen molar-refractivity contribution in [3.8, 4) is 68.2 Å². The molecule has 11 bridgehead atoms. The van der Waals surface area contributed by atoms with Gasteiger partial charge in [0, 0.05) is 63.8 Å². The van der Waals surface area contributed by atoms with Gasteiger partial charge in [0.15, 0.2) is 42.3 Å². The zero-order valence-electron chi connectivity index (χ0n) is 71.5. The number of carboxylic acid groups (broad SMARTS) is 2. The number of aliphatic hydroxyl groups is 7. The van der Waals surface area contributed by atoms with Gasteiger partial charge in [-0.25, -0.2) is 9.59 Å². The number of likely N-dealkylation sites (N-methyl/N-ethyl adjacent to an activating group) is 1. The number of phenols is 3. The van der Waals surface area contributed by atoms with E-state index in [-0.39, 0.29) is 36.5 Å². The number of carboxylic acids is 2. The third-order valence-electron chi connectivity index (χ3n) is 23.3. The van der Waals surface area contributed by atoms with E-state index < -0.39 is 303 Å². The molecule has 7 aliphatic rings. The normalized spacial score (nSPS) is 26.6. The Hall–Kier alpha value is -11.2. The van der Waals surface area contributed by atoms with E-state index in [1.165, 1.54) is 33.9 Å². The zero-order valence-corrected chi connectivity index (χ0v) is 73.8. The van der Waals surface area contributed by atoms with Crippen LogP contribution in [0.1, 0.15) is 137 Å². The second-order valence-corrected chi connectivity index (χ2v) is 34.7. The summed E-state index contributed by atoms with van der Waals surface area (Å²) in [4.78, 5) is 134. The third kappa shape index (κ3) is 22.6. The number of aliphatic carboxylic acids is 2. The number of halogens is 3. The molecule has 7 aromatic carbocycles. The zero-order chi connectivity index (χ0) is 95.3. The number of phenolic OH excluding ortho intramolecular Hbond substituents is 3. The number of hydrogen-bond donors (Lipinski definition) is 22. The average molecular weight is 1880 g/mol. The Morgan fingerprint density at radius 3 is 1.95 bits per heavy atom. The summed E-state index contributed by atoms with van der Waals surface area (Å²) in [6, 6.07) is 12.7. The molecule has 39 nitrogen and oxygen atoms in total. The lowest BCUT2D eigenvalue weighted by Crippen LogP contribution is -2.66. The van der Waals surface area contributed by atoms with Gasteiger partial charge in [0.25, 0.3) is 0 Å². The lowest BCUT2D eigenvalue weighted by molar-refractivity contribution is -0.334. The molecule has 7 aromatic rings. The largest absolute Gasteiger partial charge is 0.508 e. The number of benzene rings is 7. The van der Waals surface area contributed by atoms with Gasteiger partial charge >= 0.3 is 11.9 Å². The van der Waals surface area contributed by atoms with E-state index in [2.05, 4.69) is 42.5 Å². The molecule has 0 radical (unpaired) electrons. The standard InChI is InChI=1S/C89H103Cl3N10O29/c1-8-62(107)88(5,94)32-64(109)129-75-43-19-22-57(51(92)26-43)127-59-28-44-27-58(76(59)131-87-77(74(112)73(111)61(35-103)128-87)130-65-33-89(6,78(113)38(4)125-65)96-34-60(85(120)121)124-36-39-13-15-40(16-14-39)46-11-9-10-12-49(46)90)126-56-21-18-42(25-50(56)91)72(110)70(101-79(114)52(95-7)23-37(2)3)83(118)97-53(31-63(93)108)80(115)98-68(44)82(117)99-67-41-17-20-54(105)47(24-41)66-48(29-45(104)30-55(66)106)69(86(122)123)100-84(119)71(75)102-81(67)116/h9-22,24-30,37-38,52-53,60-62,64-65,67-75,77-78,87,95-96,103-107,109-113H,8,23,31-36,94H2,1-7H3,(H2,93,108)(H,97,118)(H,98,115)(H,99,117)(H,100,119)(H,101,114)(H,102,116)(H,120,121)(H,122,123)/t38?,52-,53?,60?,61?,62?,64?,65?,67?,68?,69?,70+,71+,72?,73?,74?,75-,77?,78?,87?,88?,89?/m1/s1. The number of fused-ring (bicyclic) bond motifs is 15. The highest BCUT2D eigenvalue weighted by Gasteiger charge is 2.53. The van der Waals surface area contributed by atoms with Crippen LogP contribution in [-0.2, 0) is 73.4 Å². The molecule has 131 heavy (non-hydrogen) atoms. The minimum atomic E-state index is -2.46. The van der Waals surface area contributed by atoms with Crippen molar-refractivity contribution in [2.24, 2.45) is 17.4 Å². The molecule has 704 valence electrons. The number of hydrogen-bond acceptors (Lipinski definition) is 30. The smallest absolute Gasteiger partial charge is 0.334 e. The number of amides is 7. The number of primary amides is 1. The van der Waals surface area contributed by atoms with E-state index in [4.69, 9.17) is 84.2 Å². The second kappa shape index (κ2) is 41.7. The highest BCUT2D eigenvalue weighted by atomic mass is 35.5. The summed E-state index contributed by atoms with van der Waals surface area (Å²) in [6.45, 7) is 7.80. The minimum absolute atomic E-state index is 0.0231. The Morgan fingerprint density at radius 1 is 0.702 bits per heavy atom. The van der Waals surface area contributed by atoms with Crippen LogP contribution in [0.4, 0.5) is 0 Å². The van der Waals surface area contributed by atoms with Crippen molar-refractivity contribution in [2.75, 3.05) is 20.2 Å². The highest BCUT2D eigenvalue weighted by molar-refractivity contribution is 6.33. The third-order valence-corrected chi connectivity index (χ3v) is 24.3. The SMILES string of the molecule is CCC(O)C(C)(N)CC(O)O[C@@H]1c2ccc(c(Cl)c2)Oc2cc3cc(c2OC2OC(CO)C(O)C(O)C2OC2CC(C)(NCC(OCc4ccc(-c5ccccc5Cl)cc4)C(=O)O)C(O)C(C)O2)Oc2ccc(cc2Cl)C(O)[C@H](NC(=O)[C@@H](CC(C)C)NC)C(=O)NC(CC(N)=O)C(=O)NC3C(=O)NC2C(=O)N[C@@H]1C(=O)NC(C(=O)O)c1cc(O)cc(O)c1-c1cc2ccc1O. The quantitative estimate of drug-likeness (QED) is 0.0324. The maximum Gasteiger partial charge on any atom is 0.334 e. The molecule has 7 aliphatic heterocycles. The Kier molecular flexibility index (Phi) is 31.5. The van der Waals surface area contributed by atoms with Gasteiger partial charge < -0.3 is 153 Å². The van der Waals surface area contributed by atoms with Crippen molar-refractivity contribution in [1.29, 1.82) is 0 Å². The van der Waals surface area contributed by atoms with Crippen molar-refractivity contribution in [3.05, 3.63) is 176 Å². The number of carbonyl (C=O) groups excluding carboxylic acids is 7. The summed E-state index contributed by atoms with van der Waals surface area (Å²) in [6.07, 6.45) is -25.9. The Bertz CT molecular complexity index is 5430. The van der Waals surface area contributed by atoms with Crippen LogP contribution in [0.3, 0.4) is 0 Å². The van der Waals surface area contributed by atoms with E-state index in [1.54, 1.807) is 57.2 Å². The fourth-order valence-electron chi connectivity index (χ4n) is 16.2. The van der Waals surface area contributed by atoms with E-state index in [1.807, 2.05) is 12.1 Å². The van der Waals surface area contributed by atoms with Gasteiger partial charge in [0.2, 0.25) is 53.4 Å². The number of aromatic hydroxyl groups is 3. The van der Waals surface area contributed by atoms with Gasteiger partial charge in [0.1, 0.15) is 89.5 Å². The monoisotopic (exact) mass is 1880 g/mol. The molecular formula is C89H103Cl3N10O29. The van der Waals surface area contributed by atoms with Crippen LogP contribution in [0.25, 0.3) is 22.3 Å². The number of ether oxygens (including phenoxy) is 8. The van der Waals surface area contributed by atoms with Crippen molar-refractivity contribution in [3.63, 3.8) is 0 Å². The number of aliphatic hydroxyl groups excluding tert-OH is 7. The van der Waals surface area contributed by atoms with Crippen LogP contribution in [0.5, 0.6) is 46.0 Å². The van der Waals surface area contributed by atoms with Gasteiger partial charge in [-0.05, 0) is 141 Å². The van der Waals surface area contributed by atoms with Gasteiger partial charge in [-0.1, -0.05) is 116 Å². The van der Waals surface area contributed by atoms with Gasteiger partial charge in [-0.3, -0.25) is 33.6 Å². The Labute approximate surface area is 764 Å². The topological polar surface area (TPSA) is 619 Å². The van der Waals surface area contributed by atoms with Gasteiger partial charge in [-0.15, -0.1) is 0 Å². The van der Waals surface area contributed by atoms with Crippen molar-refractivity contribution in [2.45, 2.75) is 214 Å². The van der Waals surface area contributed by atoms with Gasteiger partial charge in [0.05, 0.1) is 54.0 Å². The maximum atomic E-state index is 16.5. The molecule has 0 aromatic heterocycles. The van der Waals surface area contributed by atoms with Crippen molar-refractivity contribution in [1.82, 2.24) is 42.5 Å². The molecule has 0 spiro atoms. The summed E-state index contributed by atoms with van der Waals surface area (Å²) in [5, 5.41) is 160. The average Bonchev–Trinajstić information content (AvgIpc) is 0.756. The number of carbonyl (C=O) groups is 9. The first kappa shape index (κ1) is 98.9. The number of rotatable bonds is 27. The summed E-state index contributed by atoms with van der Waals surface area (Å²) in [5.41, 5.74) is 8.05. The predicted octanol–water partition coefficient (Wildman–Crippen LogP) is 3.95. The predicted molar refractivity (Wildman–Crippen MR) is 465 cm³/mol. The van der Waals surface area contributed by atoms with Crippen LogP contribution in [0.2, 0.25) is 15.1 Å². The van der Waals surface area contributed by atoms with E-state index in [0.717, 1.165) is 83.9 Å². The lowest BCUT2D eigenvalue weighted by Gasteiger charge is -2.48. The van der Waals surface area contributed by atoms with E-state index in [0.29, 0.717) is 10.6 Å². The Balaban J connectivity index is 1.05. The minimum Gasteiger partial charge on any atom is -0.508 e. The summed E-state index contributed by atoms with van der Waals surface area (Å²) >= 11 is 21.0. The molecular weight excluding hydrogens is 1780 g/mol. The fourth-order valence-corrected chi connectivity index (χ4v) is 16.9. The number of nitrogens with one attached hydrogen (secondary N) is 8. The Morgan fingerprint density at radius 2 is 1.34 bits per heavy atom. The fraction of sp³-hybridized carbons (Fsp3) is 0.427. The van der Waals surface area contributed by atoms with Crippen LogP contribution < -0.4 is 68.2 Å². The molecule has 0 aliphatic carbocycles. The highest BCUT2D eigenvalue weighted by Crippen LogP contribution is 2.51. The molecule has 7 heterocycles. The molecule has 18 unspecified atom stereocenters. The van der Waals surface area contributed by atoms with Crippen LogP contribution in [0.15, 0.2) is 127 Å². The molecule has 0 saturated carbocycles. The molecule has 2 saturated heterocycles. The van der Waals surface area contributed by atoms with Crippen LogP contribution in [-0.4, -0.2) is 238 Å². The molecule has 42 heteroatoms. The second-order valence-electron chi connectivity index (χ2n) is 33.5. The van der Waals surface area contributed by atoms with Gasteiger partial charge in [-0.2, -0.15) is 0 Å². The lowest BCUT2D eigenvalue weighted by atomic mass is 9.84. The summed E-state index contributed by atoms with van der Waals surface area (Å²) in [7, 11) is 1.46. The molecule has 7 amide bonds. The van der Waals surface area contributed by atoms with Crippen molar-refractivity contribution >= 4 is 88.1 Å². The van der Waals surface area contributed by atoms with E-state index >= 15 is 24.0 Å². The first-order valence-corrected chi connectivity index (χ1v) is 42.8. The summed E-state index contributed by atoms with van der Waals surface area (Å²) < 4.78 is 51.9. The van der Waals surface area contributed by atoms with Crippen molar-refractivity contribution < 1.29 is 142 Å². The van der Waals surface area contributed by atoms with Crippen LogP contribution in [0, 0.1) is 5.92 Å². The molecule has 24 N–H and O–H groups in total. The first-order chi connectivity index (χ1) is 62.0. The molecule has 14 rings (SSSR count). The molecule has 2 fully saturated rings. The first-order valence-electron chi connectivity index (χ1n) is 41.7. The van der Waals surface area contributed by atoms with Crippen LogP contribution >= 0.6 is 34.8 Å². The number of nitrogens with two attached hydrogens (primary N) is 2. The van der Waals surface area contributed by atoms with E-state index in [9.17, 15) is 80.5 Å². The molecule has 22 atom stereocenters. The summed E-state index contributed by atoms with van der Waals surface area (Å²) in [5.74, 6) is -18.4. The maximum absolute atomic E-state index is 16.5.